The van der Waals surface area contributed by atoms with Gasteiger partial charge in [0.25, 0.3) is 0 Å². The first-order chi connectivity index (χ1) is 7.15. The summed E-state index contributed by atoms with van der Waals surface area (Å²) < 4.78 is 13.4. The molecule has 0 bridgehead atoms. The van der Waals surface area contributed by atoms with Crippen LogP contribution in [0, 0.1) is 5.82 Å². The molecular formula is C12H18Cl2FN. The fourth-order valence-corrected chi connectivity index (χ4v) is 1.75. The standard InChI is InChI=1S/C12H17ClFN.ClH/c1-2-3-4-5-12(15)10-8-9(13)6-7-11(10)14;/h6-8,12H,2-5,15H2,1H3;1H/t12-;/m1./s1. The minimum Gasteiger partial charge on any atom is -0.324 e. The summed E-state index contributed by atoms with van der Waals surface area (Å²) in [4.78, 5) is 0. The predicted octanol–water partition coefficient (Wildman–Crippen LogP) is 4.48. The number of unbranched alkanes of at least 4 members (excludes halogenated alkanes) is 2. The van der Waals surface area contributed by atoms with E-state index in [-0.39, 0.29) is 24.3 Å². The Labute approximate surface area is 108 Å². The summed E-state index contributed by atoms with van der Waals surface area (Å²) in [6.45, 7) is 2.13. The van der Waals surface area contributed by atoms with Gasteiger partial charge in [0.2, 0.25) is 0 Å². The molecule has 2 N–H and O–H groups in total. The second kappa shape index (κ2) is 7.88. The van der Waals surface area contributed by atoms with Crippen molar-refractivity contribution in [2.45, 2.75) is 38.6 Å². The molecule has 1 nitrogen and oxygen atoms in total. The van der Waals surface area contributed by atoms with Crippen molar-refractivity contribution in [3.8, 4) is 0 Å². The van der Waals surface area contributed by atoms with E-state index in [0.717, 1.165) is 25.7 Å². The van der Waals surface area contributed by atoms with Crippen LogP contribution in [-0.4, -0.2) is 0 Å². The van der Waals surface area contributed by atoms with Gasteiger partial charge in [-0.05, 0) is 24.6 Å². The molecule has 0 spiro atoms. The van der Waals surface area contributed by atoms with Crippen molar-refractivity contribution in [1.82, 2.24) is 0 Å². The zero-order valence-electron chi connectivity index (χ0n) is 9.38. The first-order valence-corrected chi connectivity index (χ1v) is 5.73. The lowest BCUT2D eigenvalue weighted by Gasteiger charge is -2.12. The molecule has 0 unspecified atom stereocenters. The minimum absolute atomic E-state index is 0. The lowest BCUT2D eigenvalue weighted by Crippen LogP contribution is -2.12. The van der Waals surface area contributed by atoms with Crippen LogP contribution in [-0.2, 0) is 0 Å². The molecule has 0 aromatic heterocycles. The van der Waals surface area contributed by atoms with Crippen molar-refractivity contribution in [1.29, 1.82) is 0 Å². The molecule has 0 radical (unpaired) electrons. The Balaban J connectivity index is 0.00000225. The summed E-state index contributed by atoms with van der Waals surface area (Å²) in [6, 6.07) is 4.29. The van der Waals surface area contributed by atoms with Crippen LogP contribution in [0.4, 0.5) is 4.39 Å². The maximum Gasteiger partial charge on any atom is 0.128 e. The minimum atomic E-state index is -0.261. The van der Waals surface area contributed by atoms with E-state index < -0.39 is 0 Å². The van der Waals surface area contributed by atoms with E-state index in [1.54, 1.807) is 12.1 Å². The van der Waals surface area contributed by atoms with Gasteiger partial charge in [0.05, 0.1) is 0 Å². The second-order valence-corrected chi connectivity index (χ2v) is 4.20. The van der Waals surface area contributed by atoms with Crippen LogP contribution in [0.2, 0.25) is 5.02 Å². The highest BCUT2D eigenvalue weighted by atomic mass is 35.5. The van der Waals surface area contributed by atoms with E-state index >= 15 is 0 Å². The van der Waals surface area contributed by atoms with Gasteiger partial charge in [0, 0.05) is 16.6 Å². The Kier molecular flexibility index (Phi) is 7.73. The van der Waals surface area contributed by atoms with E-state index in [1.165, 1.54) is 6.07 Å². The van der Waals surface area contributed by atoms with Gasteiger partial charge < -0.3 is 5.73 Å². The number of halogens is 3. The van der Waals surface area contributed by atoms with Crippen molar-refractivity contribution in [3.63, 3.8) is 0 Å². The summed E-state index contributed by atoms with van der Waals surface area (Å²) in [5, 5.41) is 0.539. The largest absolute Gasteiger partial charge is 0.324 e. The van der Waals surface area contributed by atoms with E-state index in [2.05, 4.69) is 6.92 Å². The molecule has 4 heteroatoms. The molecule has 0 amide bonds. The summed E-state index contributed by atoms with van der Waals surface area (Å²) in [5.41, 5.74) is 6.43. The summed E-state index contributed by atoms with van der Waals surface area (Å²) in [6.07, 6.45) is 4.12. The lowest BCUT2D eigenvalue weighted by atomic mass is 10.0. The Hall–Kier alpha value is -0.310. The normalized spacial score (nSPS) is 12.0. The van der Waals surface area contributed by atoms with Gasteiger partial charge in [-0.25, -0.2) is 4.39 Å². The van der Waals surface area contributed by atoms with Crippen molar-refractivity contribution < 1.29 is 4.39 Å². The predicted molar refractivity (Wildman–Crippen MR) is 69.7 cm³/mol. The summed E-state index contributed by atoms with van der Waals surface area (Å²) in [7, 11) is 0. The van der Waals surface area contributed by atoms with Crippen LogP contribution in [0.1, 0.15) is 44.2 Å². The Morgan fingerprint density at radius 2 is 2.06 bits per heavy atom. The average Bonchev–Trinajstić information content (AvgIpc) is 2.22. The van der Waals surface area contributed by atoms with Gasteiger partial charge in [0.1, 0.15) is 5.82 Å². The van der Waals surface area contributed by atoms with E-state index in [9.17, 15) is 4.39 Å². The molecule has 1 rings (SSSR count). The molecule has 0 aliphatic carbocycles. The van der Waals surface area contributed by atoms with Crippen LogP contribution >= 0.6 is 24.0 Å². The van der Waals surface area contributed by atoms with Crippen molar-refractivity contribution >= 4 is 24.0 Å². The molecule has 0 aliphatic heterocycles. The lowest BCUT2D eigenvalue weighted by molar-refractivity contribution is 0.539. The third-order valence-electron chi connectivity index (χ3n) is 2.48. The van der Waals surface area contributed by atoms with Gasteiger partial charge in [0.15, 0.2) is 0 Å². The third-order valence-corrected chi connectivity index (χ3v) is 2.71. The summed E-state index contributed by atoms with van der Waals surface area (Å²) in [5.74, 6) is -0.261. The monoisotopic (exact) mass is 265 g/mol. The van der Waals surface area contributed by atoms with Crippen molar-refractivity contribution in [3.05, 3.63) is 34.6 Å². The number of benzene rings is 1. The van der Waals surface area contributed by atoms with Gasteiger partial charge in [-0.15, -0.1) is 12.4 Å². The van der Waals surface area contributed by atoms with E-state index in [1.807, 2.05) is 0 Å². The SMILES string of the molecule is CCCCC[C@@H](N)c1cc(Cl)ccc1F.Cl. The van der Waals surface area contributed by atoms with Crippen LogP contribution in [0.25, 0.3) is 0 Å². The molecule has 1 aromatic carbocycles. The molecule has 0 saturated heterocycles. The molecule has 0 heterocycles. The van der Waals surface area contributed by atoms with Crippen molar-refractivity contribution in [2.75, 3.05) is 0 Å². The van der Waals surface area contributed by atoms with E-state index in [0.29, 0.717) is 10.6 Å². The topological polar surface area (TPSA) is 26.0 Å². The molecule has 1 aromatic rings. The second-order valence-electron chi connectivity index (χ2n) is 3.77. The quantitative estimate of drug-likeness (QED) is 0.781. The van der Waals surface area contributed by atoms with Crippen LogP contribution < -0.4 is 5.73 Å². The maximum atomic E-state index is 13.4. The first kappa shape index (κ1) is 15.7. The zero-order chi connectivity index (χ0) is 11.3. The number of hydrogen-bond donors (Lipinski definition) is 1. The average molecular weight is 266 g/mol. The van der Waals surface area contributed by atoms with Crippen LogP contribution in [0.3, 0.4) is 0 Å². The van der Waals surface area contributed by atoms with Gasteiger partial charge in [-0.1, -0.05) is 37.8 Å². The van der Waals surface area contributed by atoms with Crippen molar-refractivity contribution in [2.24, 2.45) is 5.73 Å². The highest BCUT2D eigenvalue weighted by Gasteiger charge is 2.11. The molecule has 1 atom stereocenters. The Bertz CT molecular complexity index is 318. The maximum absolute atomic E-state index is 13.4. The number of nitrogens with two attached hydrogens (primary N) is 1. The number of rotatable bonds is 5. The molecule has 92 valence electrons. The van der Waals surface area contributed by atoms with Gasteiger partial charge in [-0.2, -0.15) is 0 Å². The summed E-state index contributed by atoms with van der Waals surface area (Å²) >= 11 is 5.80. The third kappa shape index (κ3) is 4.69. The fourth-order valence-electron chi connectivity index (χ4n) is 1.57. The zero-order valence-corrected chi connectivity index (χ0v) is 11.0. The Morgan fingerprint density at radius 1 is 1.38 bits per heavy atom. The van der Waals surface area contributed by atoms with E-state index in [4.69, 9.17) is 17.3 Å². The Morgan fingerprint density at radius 3 is 2.69 bits per heavy atom. The molecule has 0 aliphatic rings. The first-order valence-electron chi connectivity index (χ1n) is 5.35. The molecule has 0 saturated carbocycles. The highest BCUT2D eigenvalue weighted by molar-refractivity contribution is 6.30. The molecule has 0 fully saturated rings. The van der Waals surface area contributed by atoms with Crippen LogP contribution in [0.5, 0.6) is 0 Å². The molecule has 16 heavy (non-hydrogen) atoms. The van der Waals surface area contributed by atoms with Gasteiger partial charge >= 0.3 is 0 Å². The highest BCUT2D eigenvalue weighted by Crippen LogP contribution is 2.23. The number of hydrogen-bond acceptors (Lipinski definition) is 1. The van der Waals surface area contributed by atoms with Gasteiger partial charge in [-0.3, -0.25) is 0 Å². The van der Waals surface area contributed by atoms with Crippen LogP contribution in [0.15, 0.2) is 18.2 Å². The molecular weight excluding hydrogens is 248 g/mol. The smallest absolute Gasteiger partial charge is 0.128 e. The fraction of sp³-hybridized carbons (Fsp3) is 0.500.